The Morgan fingerprint density at radius 1 is 0.757 bits per heavy atom. The predicted octanol–water partition coefficient (Wildman–Crippen LogP) is 6.96. The van der Waals surface area contributed by atoms with E-state index in [1.54, 1.807) is 13.0 Å². The van der Waals surface area contributed by atoms with Crippen LogP contribution in [0.5, 0.6) is 0 Å². The molecule has 37 heavy (non-hydrogen) atoms. The SMILES string of the molecule is Cc1cc2c(cc1SOOO)-c1cc(S(=O)(=O)O)c(C)cc1C21c2cccc3ccc4cccc1c4c23. The van der Waals surface area contributed by atoms with Gasteiger partial charge in [0.05, 0.1) is 22.4 Å². The van der Waals surface area contributed by atoms with Crippen molar-refractivity contribution in [1.29, 1.82) is 0 Å². The molecule has 0 heterocycles. The fourth-order valence-electron chi connectivity index (χ4n) is 6.51. The van der Waals surface area contributed by atoms with Crippen LogP contribution in [0.4, 0.5) is 0 Å². The Hall–Kier alpha value is -3.24. The Bertz CT molecular complexity index is 1860. The van der Waals surface area contributed by atoms with Crippen LogP contribution < -0.4 is 0 Å². The van der Waals surface area contributed by atoms with Crippen molar-refractivity contribution >= 4 is 43.7 Å². The van der Waals surface area contributed by atoms with Crippen LogP contribution in [0.1, 0.15) is 33.4 Å². The maximum absolute atomic E-state index is 12.3. The third-order valence-corrected chi connectivity index (χ3v) is 9.60. The highest BCUT2D eigenvalue weighted by Gasteiger charge is 2.51. The maximum atomic E-state index is 12.3. The van der Waals surface area contributed by atoms with Gasteiger partial charge >= 0.3 is 0 Å². The Kier molecular flexibility index (Phi) is 4.73. The summed E-state index contributed by atoms with van der Waals surface area (Å²) in [4.78, 5) is 0.586. The molecule has 5 aromatic rings. The summed E-state index contributed by atoms with van der Waals surface area (Å²) in [6.45, 7) is 3.67. The lowest BCUT2D eigenvalue weighted by Crippen LogP contribution is -2.26. The van der Waals surface area contributed by atoms with Gasteiger partial charge in [-0.2, -0.15) is 8.42 Å². The van der Waals surface area contributed by atoms with E-state index in [1.807, 2.05) is 19.1 Å². The van der Waals surface area contributed by atoms with Gasteiger partial charge in [-0.3, -0.25) is 4.55 Å². The molecule has 0 bridgehead atoms. The summed E-state index contributed by atoms with van der Waals surface area (Å²) in [7, 11) is -4.44. The van der Waals surface area contributed by atoms with Crippen molar-refractivity contribution < 1.29 is 27.6 Å². The van der Waals surface area contributed by atoms with Crippen molar-refractivity contribution in [3.8, 4) is 11.1 Å². The Morgan fingerprint density at radius 3 is 1.89 bits per heavy atom. The standard InChI is InChI=1S/C29H20O6S2/c1-15-11-23-19(13-25(15)36-35-34-30)20-14-26(37(31,32)33)16(2)12-24(20)29(23)21-7-3-5-17-9-10-18-6-4-8-22(29)28(18)27(17)21/h3-14,30H,1-2H3,(H,31,32,33). The molecule has 0 fully saturated rings. The van der Waals surface area contributed by atoms with Gasteiger partial charge in [0, 0.05) is 4.90 Å². The van der Waals surface area contributed by atoms with E-state index in [-0.39, 0.29) is 4.90 Å². The van der Waals surface area contributed by atoms with Crippen LogP contribution >= 0.6 is 12.0 Å². The summed E-state index contributed by atoms with van der Waals surface area (Å²) >= 11 is 0.868. The molecule has 184 valence electrons. The van der Waals surface area contributed by atoms with Gasteiger partial charge in [-0.05, 0) is 92.0 Å². The fraction of sp³-hybridized carbons (Fsp3) is 0.103. The van der Waals surface area contributed by atoms with Crippen molar-refractivity contribution in [3.63, 3.8) is 0 Å². The van der Waals surface area contributed by atoms with Crippen LogP contribution in [-0.2, 0) is 24.9 Å². The van der Waals surface area contributed by atoms with Crippen LogP contribution in [-0.4, -0.2) is 18.2 Å². The summed E-state index contributed by atoms with van der Waals surface area (Å²) in [6, 6.07) is 24.5. The number of benzene rings is 5. The molecule has 0 saturated carbocycles. The molecule has 0 saturated heterocycles. The molecule has 2 aliphatic carbocycles. The molecule has 7 rings (SSSR count). The minimum Gasteiger partial charge on any atom is -0.282 e. The normalized spacial score (nSPS) is 14.7. The maximum Gasteiger partial charge on any atom is 0.294 e. The van der Waals surface area contributed by atoms with Crippen LogP contribution in [0, 0.1) is 13.8 Å². The first-order valence-corrected chi connectivity index (χ1v) is 13.8. The van der Waals surface area contributed by atoms with E-state index >= 15 is 0 Å². The van der Waals surface area contributed by atoms with Crippen LogP contribution in [0.3, 0.4) is 0 Å². The molecular weight excluding hydrogens is 508 g/mol. The molecule has 8 heteroatoms. The molecule has 0 aromatic heterocycles. The first kappa shape index (κ1) is 22.9. The zero-order valence-corrected chi connectivity index (χ0v) is 21.4. The lowest BCUT2D eigenvalue weighted by molar-refractivity contribution is -0.432. The summed E-state index contributed by atoms with van der Waals surface area (Å²) < 4.78 is 39.4. The van der Waals surface area contributed by atoms with Gasteiger partial charge in [0.1, 0.15) is 0 Å². The van der Waals surface area contributed by atoms with Gasteiger partial charge in [0.15, 0.2) is 0 Å². The van der Waals surface area contributed by atoms with Crippen LogP contribution in [0.15, 0.2) is 82.6 Å². The van der Waals surface area contributed by atoms with Crippen molar-refractivity contribution in [1.82, 2.24) is 0 Å². The molecule has 6 nitrogen and oxygen atoms in total. The second-order valence-corrected chi connectivity index (χ2v) is 11.8. The monoisotopic (exact) mass is 528 g/mol. The molecule has 0 amide bonds. The Labute approximate surface area is 217 Å². The van der Waals surface area contributed by atoms with Crippen molar-refractivity contribution in [2.45, 2.75) is 29.1 Å². The van der Waals surface area contributed by atoms with E-state index < -0.39 is 15.5 Å². The average Bonchev–Trinajstić information content (AvgIpc) is 3.32. The Balaban J connectivity index is 1.68. The average molecular weight is 529 g/mol. The lowest BCUT2D eigenvalue weighted by Gasteiger charge is -2.31. The molecule has 2 N–H and O–H groups in total. The molecule has 0 atom stereocenters. The summed E-state index contributed by atoms with van der Waals surface area (Å²) in [6.07, 6.45) is 0. The van der Waals surface area contributed by atoms with E-state index in [0.717, 1.165) is 61.8 Å². The fourth-order valence-corrected chi connectivity index (χ4v) is 7.71. The highest BCUT2D eigenvalue weighted by Crippen LogP contribution is 2.63. The van der Waals surface area contributed by atoms with Crippen LogP contribution in [0.25, 0.3) is 32.7 Å². The van der Waals surface area contributed by atoms with E-state index in [9.17, 15) is 13.0 Å². The first-order valence-electron chi connectivity index (χ1n) is 11.6. The summed E-state index contributed by atoms with van der Waals surface area (Å²) in [5.41, 5.74) is 6.55. The topological polar surface area (TPSA) is 93.1 Å². The number of rotatable bonds is 4. The first-order chi connectivity index (χ1) is 17.8. The van der Waals surface area contributed by atoms with Gasteiger partial charge in [-0.25, -0.2) is 5.26 Å². The highest BCUT2D eigenvalue weighted by atomic mass is 32.2. The van der Waals surface area contributed by atoms with Gasteiger partial charge in [0.25, 0.3) is 10.1 Å². The molecule has 2 aliphatic rings. The molecule has 0 unspecified atom stereocenters. The molecule has 0 aliphatic heterocycles. The zero-order chi connectivity index (χ0) is 25.7. The molecular formula is C29H20O6S2. The molecule has 1 spiro atoms. The Morgan fingerprint density at radius 2 is 1.32 bits per heavy atom. The van der Waals surface area contributed by atoms with E-state index in [1.165, 1.54) is 10.8 Å². The molecule has 5 aromatic carbocycles. The second kappa shape index (κ2) is 7.64. The quantitative estimate of drug-likeness (QED) is 0.0838. The smallest absolute Gasteiger partial charge is 0.282 e. The largest absolute Gasteiger partial charge is 0.294 e. The van der Waals surface area contributed by atoms with E-state index in [0.29, 0.717) is 10.5 Å². The van der Waals surface area contributed by atoms with E-state index in [2.05, 4.69) is 59.6 Å². The third-order valence-electron chi connectivity index (χ3n) is 7.85. The number of hydrogen-bond acceptors (Lipinski definition) is 6. The number of fused-ring (bicyclic) bond motifs is 7. The van der Waals surface area contributed by atoms with Crippen molar-refractivity contribution in [2.75, 3.05) is 0 Å². The minimum absolute atomic E-state index is 0.120. The lowest BCUT2D eigenvalue weighted by atomic mass is 9.69. The number of hydrogen-bond donors (Lipinski definition) is 2. The van der Waals surface area contributed by atoms with Gasteiger partial charge in [-0.1, -0.05) is 65.7 Å². The van der Waals surface area contributed by atoms with Gasteiger partial charge in [0.2, 0.25) is 0 Å². The summed E-state index contributed by atoms with van der Waals surface area (Å²) in [5, 5.41) is 17.2. The minimum atomic E-state index is -4.44. The highest BCUT2D eigenvalue weighted by molar-refractivity contribution is 7.94. The van der Waals surface area contributed by atoms with Gasteiger partial charge in [-0.15, -0.1) is 4.33 Å². The number of aryl methyl sites for hydroxylation is 2. The predicted molar refractivity (Wildman–Crippen MR) is 142 cm³/mol. The van der Waals surface area contributed by atoms with Gasteiger partial charge < -0.3 is 0 Å². The van der Waals surface area contributed by atoms with Crippen molar-refractivity contribution in [2.24, 2.45) is 0 Å². The summed E-state index contributed by atoms with van der Waals surface area (Å²) in [5.74, 6) is 0. The second-order valence-electron chi connectivity index (χ2n) is 9.65. The van der Waals surface area contributed by atoms with Crippen LogP contribution in [0.2, 0.25) is 0 Å². The van der Waals surface area contributed by atoms with E-state index in [4.69, 9.17) is 9.59 Å². The third kappa shape index (κ3) is 2.88. The van der Waals surface area contributed by atoms with Crippen molar-refractivity contribution in [3.05, 3.63) is 106 Å². The zero-order valence-electron chi connectivity index (χ0n) is 19.8. The molecule has 0 radical (unpaired) electrons.